The second kappa shape index (κ2) is 10.1. The molecule has 0 spiro atoms. The summed E-state index contributed by atoms with van der Waals surface area (Å²) < 4.78 is 1.98. The maximum absolute atomic E-state index is 12.8. The van der Waals surface area contributed by atoms with Crippen molar-refractivity contribution in [2.24, 2.45) is 11.3 Å². The van der Waals surface area contributed by atoms with E-state index in [-0.39, 0.29) is 17.1 Å². The summed E-state index contributed by atoms with van der Waals surface area (Å²) in [6, 6.07) is 9.80. The molecule has 178 valence electrons. The number of aromatic nitrogens is 3. The van der Waals surface area contributed by atoms with Gasteiger partial charge in [0, 0.05) is 22.0 Å². The summed E-state index contributed by atoms with van der Waals surface area (Å²) in [7, 11) is 0. The number of nitrogens with one attached hydrogen (secondary N) is 1. The van der Waals surface area contributed by atoms with Gasteiger partial charge in [0.15, 0.2) is 11.0 Å². The third kappa shape index (κ3) is 5.17. The van der Waals surface area contributed by atoms with Gasteiger partial charge in [0.25, 0.3) is 0 Å². The molecule has 34 heavy (non-hydrogen) atoms. The molecule has 9 heteroatoms. The predicted octanol–water partition coefficient (Wildman–Crippen LogP) is 6.43. The Morgan fingerprint density at radius 2 is 2.06 bits per heavy atom. The minimum Gasteiger partial charge on any atom is -0.316 e. The van der Waals surface area contributed by atoms with E-state index >= 15 is 0 Å². The Balaban J connectivity index is 1.45. The highest BCUT2D eigenvalue weighted by Crippen LogP contribution is 2.44. The molecule has 4 rings (SSSR count). The van der Waals surface area contributed by atoms with Crippen molar-refractivity contribution in [3.63, 3.8) is 0 Å². The zero-order valence-electron chi connectivity index (χ0n) is 19.8. The molecule has 6 nitrogen and oxygen atoms in total. The van der Waals surface area contributed by atoms with Crippen LogP contribution in [0.5, 0.6) is 0 Å². The lowest BCUT2D eigenvalue weighted by atomic mass is 9.72. The van der Waals surface area contributed by atoms with Crippen LogP contribution in [0.1, 0.15) is 50.1 Å². The van der Waals surface area contributed by atoms with E-state index < -0.39 is 0 Å². The number of thioether (sulfide) groups is 1. The Bertz CT molecular complexity index is 1230. The number of fused-ring (bicyclic) bond motifs is 1. The number of halogens is 1. The number of thiophene rings is 1. The number of rotatable bonds is 6. The van der Waals surface area contributed by atoms with Crippen LogP contribution in [0.2, 0.25) is 5.02 Å². The maximum atomic E-state index is 12.8. The molecule has 3 aromatic rings. The number of hydrogen-bond acceptors (Lipinski definition) is 6. The molecule has 0 aliphatic heterocycles. The van der Waals surface area contributed by atoms with Crippen molar-refractivity contribution < 1.29 is 4.79 Å². The van der Waals surface area contributed by atoms with Crippen molar-refractivity contribution in [1.29, 1.82) is 5.26 Å². The number of benzene rings is 1. The van der Waals surface area contributed by atoms with Crippen LogP contribution >= 0.6 is 34.7 Å². The van der Waals surface area contributed by atoms with E-state index in [1.54, 1.807) is 11.3 Å². The van der Waals surface area contributed by atoms with Crippen LogP contribution in [-0.4, -0.2) is 26.4 Å². The predicted molar refractivity (Wildman–Crippen MR) is 139 cm³/mol. The number of carbonyl (C=O) groups excluding carboxylic acids is 1. The van der Waals surface area contributed by atoms with Crippen molar-refractivity contribution in [3.05, 3.63) is 45.3 Å². The fourth-order valence-electron chi connectivity index (χ4n) is 4.32. The first-order valence-electron chi connectivity index (χ1n) is 11.4. The Morgan fingerprint density at radius 3 is 2.71 bits per heavy atom. The highest BCUT2D eigenvalue weighted by atomic mass is 35.5. The lowest BCUT2D eigenvalue weighted by molar-refractivity contribution is -0.113. The fourth-order valence-corrected chi connectivity index (χ4v) is 6.54. The molecule has 1 aliphatic carbocycles. The highest BCUT2D eigenvalue weighted by Gasteiger charge is 2.32. The molecule has 0 radical (unpaired) electrons. The van der Waals surface area contributed by atoms with Gasteiger partial charge in [-0.25, -0.2) is 0 Å². The lowest BCUT2D eigenvalue weighted by Crippen LogP contribution is -2.26. The summed E-state index contributed by atoms with van der Waals surface area (Å²) in [5, 5.41) is 23.4. The Hall–Kier alpha value is -2.34. The SMILES string of the molecule is CCn1c(SCC(=O)Nc2sc3c(c2C#N)CCC(C(C)(C)C)C3)nnc1-c1ccc(Cl)cc1. The first-order valence-corrected chi connectivity index (χ1v) is 13.6. The number of carbonyl (C=O) groups is 1. The van der Waals surface area contributed by atoms with Gasteiger partial charge in [-0.3, -0.25) is 4.79 Å². The Labute approximate surface area is 213 Å². The molecular formula is C25H28ClN5OS2. The van der Waals surface area contributed by atoms with Gasteiger partial charge in [0.2, 0.25) is 5.91 Å². The zero-order chi connectivity index (χ0) is 24.5. The smallest absolute Gasteiger partial charge is 0.235 e. The van der Waals surface area contributed by atoms with Crippen molar-refractivity contribution in [3.8, 4) is 17.5 Å². The first kappa shape index (κ1) is 24.8. The quantitative estimate of drug-likeness (QED) is 0.384. The molecule has 0 fully saturated rings. The van der Waals surface area contributed by atoms with Crippen LogP contribution in [0.25, 0.3) is 11.4 Å². The van der Waals surface area contributed by atoms with Crippen LogP contribution in [0.15, 0.2) is 29.4 Å². The third-order valence-corrected chi connectivity index (χ3v) is 8.71. The Morgan fingerprint density at radius 1 is 1.32 bits per heavy atom. The topological polar surface area (TPSA) is 83.6 Å². The number of nitriles is 1. The molecular weight excluding hydrogens is 486 g/mol. The van der Waals surface area contributed by atoms with Gasteiger partial charge in [-0.1, -0.05) is 44.1 Å². The molecule has 1 aromatic carbocycles. The monoisotopic (exact) mass is 513 g/mol. The lowest BCUT2D eigenvalue weighted by Gasteiger charge is -2.33. The Kier molecular flexibility index (Phi) is 7.36. The fraction of sp³-hybridized carbons (Fsp3) is 0.440. The summed E-state index contributed by atoms with van der Waals surface area (Å²) in [6.45, 7) is 9.52. The van der Waals surface area contributed by atoms with Crippen molar-refractivity contribution in [1.82, 2.24) is 14.8 Å². The average Bonchev–Trinajstić information content (AvgIpc) is 3.37. The maximum Gasteiger partial charge on any atom is 0.235 e. The molecule has 1 N–H and O–H groups in total. The second-order valence-corrected chi connectivity index (χ2v) is 12.0. The molecule has 2 aromatic heterocycles. The number of amides is 1. The van der Waals surface area contributed by atoms with E-state index in [0.29, 0.717) is 33.2 Å². The zero-order valence-corrected chi connectivity index (χ0v) is 22.2. The van der Waals surface area contributed by atoms with E-state index in [1.165, 1.54) is 16.6 Å². The van der Waals surface area contributed by atoms with Crippen LogP contribution in [0, 0.1) is 22.7 Å². The van der Waals surface area contributed by atoms with E-state index in [2.05, 4.69) is 42.4 Å². The van der Waals surface area contributed by atoms with Crippen molar-refractivity contribution in [2.75, 3.05) is 11.1 Å². The van der Waals surface area contributed by atoms with Gasteiger partial charge in [0.05, 0.1) is 11.3 Å². The number of nitrogens with zero attached hydrogens (tertiary/aromatic N) is 4. The molecule has 2 heterocycles. The van der Waals surface area contributed by atoms with Gasteiger partial charge in [-0.05, 0) is 67.3 Å². The molecule has 0 bridgehead atoms. The molecule has 1 atom stereocenters. The summed E-state index contributed by atoms with van der Waals surface area (Å²) in [5.74, 6) is 1.37. The van der Waals surface area contributed by atoms with Crippen LogP contribution in [0.3, 0.4) is 0 Å². The molecule has 0 saturated heterocycles. The van der Waals surface area contributed by atoms with Gasteiger partial charge in [0.1, 0.15) is 11.1 Å². The van der Waals surface area contributed by atoms with Crippen molar-refractivity contribution in [2.45, 2.75) is 58.7 Å². The van der Waals surface area contributed by atoms with Gasteiger partial charge >= 0.3 is 0 Å². The number of hydrogen-bond donors (Lipinski definition) is 1. The molecule has 1 unspecified atom stereocenters. The standard InChI is InChI=1S/C25H28ClN5OS2/c1-5-31-22(15-6-9-17(26)10-7-15)29-30-24(31)33-14-21(32)28-23-19(13-27)18-11-8-16(25(2,3)4)12-20(18)34-23/h6-7,9-10,16H,5,8,11-12,14H2,1-4H3,(H,28,32). The van der Waals surface area contributed by atoms with E-state index in [4.69, 9.17) is 11.6 Å². The van der Waals surface area contributed by atoms with Crippen LogP contribution in [-0.2, 0) is 24.2 Å². The minimum atomic E-state index is -0.147. The molecule has 0 saturated carbocycles. The second-order valence-electron chi connectivity index (χ2n) is 9.52. The van der Waals surface area contributed by atoms with Crippen LogP contribution in [0.4, 0.5) is 5.00 Å². The largest absolute Gasteiger partial charge is 0.316 e. The summed E-state index contributed by atoms with van der Waals surface area (Å²) in [6.07, 6.45) is 2.94. The summed E-state index contributed by atoms with van der Waals surface area (Å²) >= 11 is 8.90. The van der Waals surface area contributed by atoms with E-state index in [1.807, 2.05) is 35.8 Å². The van der Waals surface area contributed by atoms with E-state index in [0.717, 1.165) is 36.2 Å². The number of anilines is 1. The molecule has 1 amide bonds. The molecule has 1 aliphatic rings. The third-order valence-electron chi connectivity index (χ3n) is 6.32. The van der Waals surface area contributed by atoms with Gasteiger partial charge < -0.3 is 9.88 Å². The van der Waals surface area contributed by atoms with Crippen molar-refractivity contribution >= 4 is 45.6 Å². The van der Waals surface area contributed by atoms with E-state index in [9.17, 15) is 10.1 Å². The highest BCUT2D eigenvalue weighted by molar-refractivity contribution is 7.99. The van der Waals surface area contributed by atoms with Gasteiger partial charge in [-0.15, -0.1) is 21.5 Å². The normalized spacial score (nSPS) is 15.6. The van der Waals surface area contributed by atoms with Gasteiger partial charge in [-0.2, -0.15) is 5.26 Å². The summed E-state index contributed by atoms with van der Waals surface area (Å²) in [5.41, 5.74) is 2.91. The summed E-state index contributed by atoms with van der Waals surface area (Å²) in [4.78, 5) is 14.0. The van der Waals surface area contributed by atoms with Crippen LogP contribution < -0.4 is 5.32 Å². The first-order chi connectivity index (χ1) is 16.2. The average molecular weight is 514 g/mol. The minimum absolute atomic E-state index is 0.147.